The van der Waals surface area contributed by atoms with Crippen molar-refractivity contribution in [3.8, 4) is 11.8 Å². The van der Waals surface area contributed by atoms with Gasteiger partial charge in [0.15, 0.2) is 6.04 Å². The van der Waals surface area contributed by atoms with Gasteiger partial charge >= 0.3 is 5.97 Å². The summed E-state index contributed by atoms with van der Waals surface area (Å²) in [5, 5.41) is 19.3. The van der Waals surface area contributed by atoms with Crippen LogP contribution in [0.4, 0.5) is 0 Å². The number of hydrogen-bond acceptors (Lipinski definition) is 3. The maximum Gasteiger partial charge on any atom is 0.328 e. The lowest BCUT2D eigenvalue weighted by atomic mass is 10.2. The van der Waals surface area contributed by atoms with Crippen molar-refractivity contribution in [2.24, 2.45) is 0 Å². The van der Waals surface area contributed by atoms with Crippen LogP contribution in [-0.2, 0) is 9.59 Å². The molecule has 5 heteroatoms. The summed E-state index contributed by atoms with van der Waals surface area (Å²) in [5.41, 5.74) is 0.651. The van der Waals surface area contributed by atoms with Crippen molar-refractivity contribution in [1.82, 2.24) is 5.32 Å². The van der Waals surface area contributed by atoms with Crippen molar-refractivity contribution in [1.29, 1.82) is 0 Å². The molecule has 3 N–H and O–H groups in total. The van der Waals surface area contributed by atoms with E-state index < -0.39 is 24.5 Å². The monoisotopic (exact) mass is 233 g/mol. The summed E-state index contributed by atoms with van der Waals surface area (Å²) < 4.78 is 0. The molecule has 0 aromatic heterocycles. The minimum atomic E-state index is -1.33. The number of aliphatic hydroxyl groups excluding tert-OH is 1. The van der Waals surface area contributed by atoms with E-state index in [4.69, 9.17) is 10.2 Å². The second kappa shape index (κ2) is 6.30. The molecule has 0 saturated carbocycles. The van der Waals surface area contributed by atoms with E-state index in [1.54, 1.807) is 24.3 Å². The molecule has 1 atom stereocenters. The molecule has 5 nitrogen and oxygen atoms in total. The van der Waals surface area contributed by atoms with E-state index in [0.717, 1.165) is 0 Å². The van der Waals surface area contributed by atoms with Crippen LogP contribution in [0.15, 0.2) is 30.3 Å². The summed E-state index contributed by atoms with van der Waals surface area (Å²) in [6.07, 6.45) is 0. The lowest BCUT2D eigenvalue weighted by Crippen LogP contribution is -2.42. The standard InChI is InChI=1S/C12H11NO4/c14-8-10(12(16)17)13-11(15)7-6-9-4-2-1-3-5-9/h1-5,10,14H,8H2,(H,13,15)(H,16,17). The Hall–Kier alpha value is -2.32. The van der Waals surface area contributed by atoms with Crippen LogP contribution in [0.2, 0.25) is 0 Å². The molecule has 0 aliphatic carbocycles. The predicted molar refractivity (Wildman–Crippen MR) is 60.0 cm³/mol. The van der Waals surface area contributed by atoms with Crippen molar-refractivity contribution in [2.45, 2.75) is 6.04 Å². The predicted octanol–water partition coefficient (Wildman–Crippen LogP) is -0.400. The molecule has 1 unspecified atom stereocenters. The molecule has 17 heavy (non-hydrogen) atoms. The van der Waals surface area contributed by atoms with E-state index in [-0.39, 0.29) is 0 Å². The Morgan fingerprint density at radius 1 is 1.29 bits per heavy atom. The Bertz CT molecular complexity index is 458. The molecule has 0 saturated heterocycles. The summed E-state index contributed by atoms with van der Waals surface area (Å²) in [7, 11) is 0. The fourth-order valence-electron chi connectivity index (χ4n) is 1.03. The Balaban J connectivity index is 2.62. The van der Waals surface area contributed by atoms with Crippen molar-refractivity contribution in [3.63, 3.8) is 0 Å². The summed E-state index contributed by atoms with van der Waals surface area (Å²) in [5.74, 6) is 2.78. The first kappa shape index (κ1) is 12.7. The molecule has 0 heterocycles. The molecular weight excluding hydrogens is 222 g/mol. The van der Waals surface area contributed by atoms with Crippen molar-refractivity contribution in [2.75, 3.05) is 6.61 Å². The summed E-state index contributed by atoms with van der Waals surface area (Å²) >= 11 is 0. The molecule has 1 rings (SSSR count). The van der Waals surface area contributed by atoms with Crippen LogP contribution >= 0.6 is 0 Å². The third-order valence-electron chi connectivity index (χ3n) is 1.88. The van der Waals surface area contributed by atoms with Gasteiger partial charge in [-0.1, -0.05) is 24.1 Å². The molecule has 1 amide bonds. The SMILES string of the molecule is O=C(C#Cc1ccccc1)NC(CO)C(=O)O. The van der Waals surface area contributed by atoms with E-state index in [0.29, 0.717) is 5.56 Å². The molecule has 0 aliphatic heterocycles. The van der Waals surface area contributed by atoms with Gasteiger partial charge in [0.1, 0.15) is 0 Å². The number of aliphatic hydroxyl groups is 1. The van der Waals surface area contributed by atoms with Gasteiger partial charge in [-0.15, -0.1) is 0 Å². The van der Waals surface area contributed by atoms with Crippen LogP contribution in [0.5, 0.6) is 0 Å². The molecule has 1 aromatic carbocycles. The fourth-order valence-corrected chi connectivity index (χ4v) is 1.03. The Labute approximate surface area is 98.1 Å². The summed E-state index contributed by atoms with van der Waals surface area (Å²) in [4.78, 5) is 21.7. The molecule has 0 fully saturated rings. The zero-order valence-electron chi connectivity index (χ0n) is 8.88. The van der Waals surface area contributed by atoms with Gasteiger partial charge in [-0.25, -0.2) is 4.79 Å². The van der Waals surface area contributed by atoms with Gasteiger partial charge < -0.3 is 15.5 Å². The number of carboxylic acid groups (broad SMARTS) is 1. The topological polar surface area (TPSA) is 86.6 Å². The van der Waals surface area contributed by atoms with Gasteiger partial charge in [0.25, 0.3) is 5.91 Å². The average molecular weight is 233 g/mol. The highest BCUT2D eigenvalue weighted by Gasteiger charge is 2.17. The van der Waals surface area contributed by atoms with Gasteiger partial charge in [-0.2, -0.15) is 0 Å². The number of aliphatic carboxylic acids is 1. The van der Waals surface area contributed by atoms with Crippen molar-refractivity contribution < 1.29 is 19.8 Å². The summed E-state index contributed by atoms with van der Waals surface area (Å²) in [6, 6.07) is 7.48. The fraction of sp³-hybridized carbons (Fsp3) is 0.167. The normalized spacial score (nSPS) is 10.9. The maximum absolute atomic E-state index is 11.2. The highest BCUT2D eigenvalue weighted by molar-refractivity contribution is 5.96. The van der Waals surface area contributed by atoms with E-state index >= 15 is 0 Å². The van der Waals surface area contributed by atoms with Gasteiger partial charge in [-0.05, 0) is 12.1 Å². The first-order chi connectivity index (χ1) is 8.13. The quantitative estimate of drug-likeness (QED) is 0.620. The molecule has 88 valence electrons. The molecule has 0 radical (unpaired) electrons. The van der Waals surface area contributed by atoms with Crippen molar-refractivity contribution in [3.05, 3.63) is 35.9 Å². The van der Waals surface area contributed by atoms with Crippen LogP contribution in [0.1, 0.15) is 5.56 Å². The number of rotatable bonds is 3. The third-order valence-corrected chi connectivity index (χ3v) is 1.88. The minimum Gasteiger partial charge on any atom is -0.480 e. The van der Waals surface area contributed by atoms with Gasteiger partial charge in [0, 0.05) is 11.5 Å². The smallest absolute Gasteiger partial charge is 0.328 e. The van der Waals surface area contributed by atoms with Gasteiger partial charge in [0.2, 0.25) is 0 Å². The number of benzene rings is 1. The maximum atomic E-state index is 11.2. The van der Waals surface area contributed by atoms with E-state index in [2.05, 4.69) is 17.2 Å². The first-order valence-electron chi connectivity index (χ1n) is 4.84. The van der Waals surface area contributed by atoms with E-state index in [1.165, 1.54) is 0 Å². The second-order valence-corrected chi connectivity index (χ2v) is 3.16. The lowest BCUT2D eigenvalue weighted by Gasteiger charge is -2.07. The number of amides is 1. The zero-order valence-corrected chi connectivity index (χ0v) is 8.88. The molecular formula is C12H11NO4. The summed E-state index contributed by atoms with van der Waals surface area (Å²) in [6.45, 7) is -0.673. The van der Waals surface area contributed by atoms with Crippen LogP contribution in [0.25, 0.3) is 0 Å². The van der Waals surface area contributed by atoms with Crippen molar-refractivity contribution >= 4 is 11.9 Å². The number of carboxylic acids is 1. The largest absolute Gasteiger partial charge is 0.480 e. The molecule has 0 aliphatic rings. The molecule has 1 aromatic rings. The van der Waals surface area contributed by atoms with Crippen LogP contribution in [-0.4, -0.2) is 34.7 Å². The Kier molecular flexibility index (Phi) is 4.73. The second-order valence-electron chi connectivity index (χ2n) is 3.16. The number of nitrogens with one attached hydrogen (secondary N) is 1. The highest BCUT2D eigenvalue weighted by Crippen LogP contribution is 1.94. The van der Waals surface area contributed by atoms with Crippen LogP contribution in [0, 0.1) is 11.8 Å². The van der Waals surface area contributed by atoms with Gasteiger partial charge in [0.05, 0.1) is 6.61 Å². The van der Waals surface area contributed by atoms with Crippen LogP contribution in [0.3, 0.4) is 0 Å². The third kappa shape index (κ3) is 4.36. The minimum absolute atomic E-state index is 0.651. The van der Waals surface area contributed by atoms with Gasteiger partial charge in [-0.3, -0.25) is 4.79 Å². The first-order valence-corrected chi connectivity index (χ1v) is 4.84. The van der Waals surface area contributed by atoms with E-state index in [1.807, 2.05) is 6.07 Å². The Morgan fingerprint density at radius 2 is 1.94 bits per heavy atom. The van der Waals surface area contributed by atoms with E-state index in [9.17, 15) is 9.59 Å². The van der Waals surface area contributed by atoms with Crippen LogP contribution < -0.4 is 5.32 Å². The Morgan fingerprint density at radius 3 is 2.47 bits per heavy atom. The zero-order chi connectivity index (χ0) is 12.7. The number of carbonyl (C=O) groups is 2. The molecule has 0 bridgehead atoms. The highest BCUT2D eigenvalue weighted by atomic mass is 16.4. The number of hydrogen-bond donors (Lipinski definition) is 3. The molecule has 0 spiro atoms. The number of carbonyl (C=O) groups excluding carboxylic acids is 1. The lowest BCUT2D eigenvalue weighted by molar-refractivity contribution is -0.142. The average Bonchev–Trinajstić information content (AvgIpc) is 2.34.